The maximum atomic E-state index is 4.08. The van der Waals surface area contributed by atoms with Gasteiger partial charge in [-0.15, -0.1) is 12.6 Å². The summed E-state index contributed by atoms with van der Waals surface area (Å²) in [5, 5.41) is 0.871. The van der Waals surface area contributed by atoms with Gasteiger partial charge in [-0.3, -0.25) is 0 Å². The molecule has 1 nitrogen and oxygen atoms in total. The molecule has 0 unspecified atom stereocenters. The molecule has 0 atom stereocenters. The van der Waals surface area contributed by atoms with Crippen molar-refractivity contribution in [1.29, 1.82) is 0 Å². The van der Waals surface area contributed by atoms with Crippen LogP contribution in [0, 0.1) is 0 Å². The molecule has 0 saturated heterocycles. The van der Waals surface area contributed by atoms with Crippen molar-refractivity contribution in [1.82, 2.24) is 0 Å². The van der Waals surface area contributed by atoms with Crippen molar-refractivity contribution in [3.8, 4) is 0 Å². The van der Waals surface area contributed by atoms with E-state index in [1.807, 2.05) is 12.2 Å². The summed E-state index contributed by atoms with van der Waals surface area (Å²) in [6.45, 7) is 0. The number of halogens is 1. The Morgan fingerprint density at radius 1 is 1.71 bits per heavy atom. The fraction of sp³-hybridized carbons (Fsp3) is 0. The van der Waals surface area contributed by atoms with Crippen LogP contribution in [0.25, 0.3) is 0 Å². The van der Waals surface area contributed by atoms with E-state index in [0.29, 0.717) is 0 Å². The maximum Gasteiger partial charge on any atom is 0.0991 e. The van der Waals surface area contributed by atoms with Crippen LogP contribution >= 0.6 is 33.7 Å². The molecule has 0 spiro atoms. The van der Waals surface area contributed by atoms with Gasteiger partial charge < -0.3 is 0 Å². The molecule has 0 N–H and O–H groups in total. The summed E-state index contributed by atoms with van der Waals surface area (Å²) >= 11 is 4.01. The Balaban J connectivity index is 2.82. The van der Waals surface area contributed by atoms with Crippen LogP contribution in [-0.2, 0) is 0 Å². The Morgan fingerprint density at radius 3 is 2.86 bits per heavy atom. The molecule has 0 amide bonds. The predicted molar refractivity (Wildman–Crippen MR) is 42.7 cm³/mol. The summed E-state index contributed by atoms with van der Waals surface area (Å²) in [5.41, 5.74) is 0. The fourth-order valence-corrected chi connectivity index (χ4v) is 1.64. The normalized spacial score (nSPS) is 18.1. The third-order valence-electron chi connectivity index (χ3n) is 0.510. The summed E-state index contributed by atoms with van der Waals surface area (Å²) in [4.78, 5) is 0. The first kappa shape index (κ1) is 5.50. The zero-order valence-corrected chi connectivity index (χ0v) is 6.56. The molecular weight excluding hydrogens is 221 g/mol. The SMILES string of the molecule is SC1=CC=CI=N1. The molecule has 7 heavy (non-hydrogen) atoms. The van der Waals surface area contributed by atoms with E-state index in [1.54, 1.807) is 0 Å². The van der Waals surface area contributed by atoms with Crippen LogP contribution in [0.1, 0.15) is 0 Å². The fourth-order valence-electron chi connectivity index (χ4n) is 0.261. The van der Waals surface area contributed by atoms with E-state index in [1.165, 1.54) is 0 Å². The number of rotatable bonds is 0. The van der Waals surface area contributed by atoms with Gasteiger partial charge in [-0.1, -0.05) is 6.08 Å². The van der Waals surface area contributed by atoms with Gasteiger partial charge in [-0.25, -0.2) is 3.15 Å². The van der Waals surface area contributed by atoms with Gasteiger partial charge in [0.2, 0.25) is 0 Å². The quantitative estimate of drug-likeness (QED) is 0.480. The van der Waals surface area contributed by atoms with Crippen LogP contribution in [0.2, 0.25) is 0 Å². The lowest BCUT2D eigenvalue weighted by molar-refractivity contribution is 1.62. The first-order valence-electron chi connectivity index (χ1n) is 1.79. The molecule has 0 bridgehead atoms. The Hall–Kier alpha value is 0.360. The molecule has 0 aromatic carbocycles. The molecule has 0 radical (unpaired) electrons. The molecule has 3 heteroatoms. The van der Waals surface area contributed by atoms with Gasteiger partial charge in [0.25, 0.3) is 0 Å². The van der Waals surface area contributed by atoms with Gasteiger partial charge in [-0.05, 0) is 10.2 Å². The Morgan fingerprint density at radius 2 is 2.57 bits per heavy atom. The van der Waals surface area contributed by atoms with Gasteiger partial charge in [0.1, 0.15) is 0 Å². The maximum absolute atomic E-state index is 4.08. The lowest BCUT2D eigenvalue weighted by atomic mass is 10.6. The van der Waals surface area contributed by atoms with Crippen LogP contribution in [0.15, 0.2) is 24.4 Å². The molecule has 0 saturated carbocycles. The third kappa shape index (κ3) is 1.73. The second-order valence-corrected chi connectivity index (χ2v) is 3.24. The van der Waals surface area contributed by atoms with E-state index >= 15 is 0 Å². The lowest BCUT2D eigenvalue weighted by Crippen LogP contribution is -1.58. The second-order valence-electron chi connectivity index (χ2n) is 1.03. The van der Waals surface area contributed by atoms with E-state index in [4.69, 9.17) is 0 Å². The molecule has 0 aromatic rings. The van der Waals surface area contributed by atoms with E-state index < -0.39 is 0 Å². The highest BCUT2D eigenvalue weighted by Gasteiger charge is 1.81. The van der Waals surface area contributed by atoms with Crippen LogP contribution < -0.4 is 0 Å². The van der Waals surface area contributed by atoms with Crippen LogP contribution in [0.5, 0.6) is 0 Å². The van der Waals surface area contributed by atoms with Crippen molar-refractivity contribution in [3.63, 3.8) is 0 Å². The Bertz CT molecular complexity index is 148. The summed E-state index contributed by atoms with van der Waals surface area (Å²) in [6.07, 6.45) is 3.90. The molecule has 38 valence electrons. The molecule has 1 heterocycles. The van der Waals surface area contributed by atoms with Crippen LogP contribution in [0.4, 0.5) is 0 Å². The highest BCUT2D eigenvalue weighted by atomic mass is 127. The molecule has 1 rings (SSSR count). The number of hydrogen-bond acceptors (Lipinski definition) is 2. The molecule has 0 aliphatic carbocycles. The number of thiol groups is 1. The van der Waals surface area contributed by atoms with Gasteiger partial charge in [0.15, 0.2) is 0 Å². The topological polar surface area (TPSA) is 12.4 Å². The summed E-state index contributed by atoms with van der Waals surface area (Å²) < 4.78 is 6.17. The summed E-state index contributed by atoms with van der Waals surface area (Å²) in [7, 11) is 0. The number of nitrogens with zero attached hydrogens (tertiary/aromatic N) is 1. The molecule has 1 aliphatic heterocycles. The zero-order valence-electron chi connectivity index (χ0n) is 3.50. The van der Waals surface area contributed by atoms with E-state index in [-0.39, 0.29) is 21.0 Å². The number of allylic oxidation sites excluding steroid dienone is 2. The van der Waals surface area contributed by atoms with E-state index in [0.717, 1.165) is 5.03 Å². The lowest BCUT2D eigenvalue weighted by Gasteiger charge is -1.87. The minimum Gasteiger partial charge on any atom is -0.216 e. The van der Waals surface area contributed by atoms with E-state index in [2.05, 4.69) is 19.9 Å². The second kappa shape index (κ2) is 2.61. The van der Waals surface area contributed by atoms with Crippen LogP contribution in [0.3, 0.4) is 0 Å². The predicted octanol–water partition coefficient (Wildman–Crippen LogP) is 2.44. The minimum absolute atomic E-state index is 0.0257. The van der Waals surface area contributed by atoms with Crippen molar-refractivity contribution in [2.45, 2.75) is 0 Å². The number of hydrogen-bond donors (Lipinski definition) is 1. The zero-order chi connectivity index (χ0) is 5.11. The summed E-state index contributed by atoms with van der Waals surface area (Å²) in [6, 6.07) is 0. The van der Waals surface area contributed by atoms with Crippen molar-refractivity contribution in [2.24, 2.45) is 3.15 Å². The van der Waals surface area contributed by atoms with Crippen molar-refractivity contribution >= 4 is 33.7 Å². The van der Waals surface area contributed by atoms with Crippen molar-refractivity contribution in [3.05, 3.63) is 21.3 Å². The molecule has 0 fully saturated rings. The minimum atomic E-state index is -0.0257. The Kier molecular flexibility index (Phi) is 2.05. The molecule has 1 aliphatic rings. The first-order chi connectivity index (χ1) is 3.39. The highest BCUT2D eigenvalue weighted by Crippen LogP contribution is 2.16. The van der Waals surface area contributed by atoms with Gasteiger partial charge >= 0.3 is 0 Å². The van der Waals surface area contributed by atoms with Crippen molar-refractivity contribution < 1.29 is 0 Å². The van der Waals surface area contributed by atoms with Gasteiger partial charge in [0.05, 0.1) is 5.03 Å². The third-order valence-corrected chi connectivity index (χ3v) is 2.68. The van der Waals surface area contributed by atoms with Gasteiger partial charge in [-0.2, -0.15) is 0 Å². The highest BCUT2D eigenvalue weighted by molar-refractivity contribution is 14.2. The standard InChI is InChI=1S/C4H4INS/c7-4-2-1-3-5-6-4/h1-3H,(H,6,7). The average Bonchev–Trinajstić information content (AvgIpc) is 1.69. The van der Waals surface area contributed by atoms with Crippen LogP contribution in [-0.4, -0.2) is 0 Å². The molecular formula is C4H4INS. The smallest absolute Gasteiger partial charge is 0.0991 e. The first-order valence-corrected chi connectivity index (χ1v) is 4.45. The Labute approximate surface area is 58.1 Å². The largest absolute Gasteiger partial charge is 0.216 e. The molecule has 0 aromatic heterocycles. The van der Waals surface area contributed by atoms with Crippen molar-refractivity contribution in [2.75, 3.05) is 0 Å². The monoisotopic (exact) mass is 225 g/mol. The van der Waals surface area contributed by atoms with E-state index in [9.17, 15) is 0 Å². The van der Waals surface area contributed by atoms with Gasteiger partial charge in [0, 0.05) is 21.0 Å². The average molecular weight is 225 g/mol. The summed E-state index contributed by atoms with van der Waals surface area (Å²) in [5.74, 6) is 0.